The van der Waals surface area contributed by atoms with Gasteiger partial charge in [-0.05, 0) is 30.9 Å². The molecule has 120 valence electrons. The third kappa shape index (κ3) is 2.05. The molecule has 0 bridgehead atoms. The zero-order valence-electron chi connectivity index (χ0n) is 11.9. The van der Waals surface area contributed by atoms with Crippen LogP contribution in [-0.2, 0) is 12.0 Å². The first-order chi connectivity index (χ1) is 11.0. The summed E-state index contributed by atoms with van der Waals surface area (Å²) in [6.45, 7) is 0. The number of rotatable bonds is 2. The Labute approximate surface area is 133 Å². The van der Waals surface area contributed by atoms with E-state index in [2.05, 4.69) is 15.2 Å². The van der Waals surface area contributed by atoms with Gasteiger partial charge in [0.1, 0.15) is 4.70 Å². The van der Waals surface area contributed by atoms with Crippen LogP contribution in [0.5, 0.6) is 0 Å². The number of H-pyrrole nitrogens is 2. The number of alkyl halides is 2. The van der Waals surface area contributed by atoms with Gasteiger partial charge in [-0.3, -0.25) is 9.89 Å². The first-order valence-corrected chi connectivity index (χ1v) is 8.01. The van der Waals surface area contributed by atoms with E-state index in [1.807, 2.05) is 6.07 Å². The normalized spacial score (nSPS) is 21.0. The predicted octanol–water partition coefficient (Wildman–Crippen LogP) is 2.77. The summed E-state index contributed by atoms with van der Waals surface area (Å²) in [5.74, 6) is 0. The number of halogens is 2. The van der Waals surface area contributed by atoms with E-state index in [0.29, 0.717) is 28.5 Å². The Hall–Kier alpha value is -2.06. The number of nitrogens with zero attached hydrogens (tertiary/aromatic N) is 1. The lowest BCUT2D eigenvalue weighted by atomic mass is 9.82. The van der Waals surface area contributed by atoms with Crippen LogP contribution in [0.3, 0.4) is 0 Å². The second-order valence-corrected chi connectivity index (χ2v) is 6.78. The first kappa shape index (κ1) is 14.5. The van der Waals surface area contributed by atoms with Crippen LogP contribution in [0, 0.1) is 0 Å². The molecule has 0 amide bonds. The van der Waals surface area contributed by atoms with E-state index >= 15 is 0 Å². The number of fused-ring (bicyclic) bond motifs is 3. The van der Waals surface area contributed by atoms with E-state index in [4.69, 9.17) is 0 Å². The lowest BCUT2D eigenvalue weighted by Gasteiger charge is -2.33. The Kier molecular flexibility index (Phi) is 3.14. The van der Waals surface area contributed by atoms with E-state index < -0.39 is 17.6 Å². The molecule has 5 nitrogen and oxygen atoms in total. The zero-order valence-corrected chi connectivity index (χ0v) is 12.7. The molecule has 3 heterocycles. The lowest BCUT2D eigenvalue weighted by molar-refractivity contribution is -0.114. The molecule has 0 radical (unpaired) electrons. The van der Waals surface area contributed by atoms with Crippen molar-refractivity contribution in [2.45, 2.75) is 31.3 Å². The third-order valence-corrected chi connectivity index (χ3v) is 5.55. The molecule has 1 aliphatic rings. The maximum Gasteiger partial charge on any atom is 0.272 e. The number of aromatic amines is 2. The molecule has 0 saturated heterocycles. The van der Waals surface area contributed by atoms with Crippen molar-refractivity contribution in [3.63, 3.8) is 0 Å². The van der Waals surface area contributed by atoms with Crippen LogP contribution >= 0.6 is 11.3 Å². The van der Waals surface area contributed by atoms with Gasteiger partial charge >= 0.3 is 0 Å². The summed E-state index contributed by atoms with van der Waals surface area (Å²) in [6.07, 6.45) is 1.35. The van der Waals surface area contributed by atoms with Crippen LogP contribution < -0.4 is 5.56 Å². The summed E-state index contributed by atoms with van der Waals surface area (Å²) >= 11 is 1.29. The number of aliphatic hydroxyl groups is 1. The van der Waals surface area contributed by atoms with E-state index in [1.54, 1.807) is 12.4 Å². The molecule has 0 saturated carbocycles. The second-order valence-electron chi connectivity index (χ2n) is 5.73. The standard InChI is InChI=1S/C15H13F2N3O2S/c16-14(17)15(22)3-1-2-8-9-4-10(7-5-18-19-6-7)23-11(9)13(21)20-12(8)15/h4-6,14,22H,1-3H2,(H,18,19)(H,20,21)/t15-/m0/s1. The maximum absolute atomic E-state index is 13.4. The van der Waals surface area contributed by atoms with Gasteiger partial charge in [-0.25, -0.2) is 8.78 Å². The number of aromatic nitrogens is 3. The highest BCUT2D eigenvalue weighted by Gasteiger charge is 2.44. The van der Waals surface area contributed by atoms with Crippen LogP contribution in [-0.4, -0.2) is 26.7 Å². The highest BCUT2D eigenvalue weighted by molar-refractivity contribution is 7.22. The summed E-state index contributed by atoms with van der Waals surface area (Å²) in [4.78, 5) is 15.7. The average molecular weight is 337 g/mol. The number of nitrogens with one attached hydrogen (secondary N) is 2. The fourth-order valence-corrected chi connectivity index (χ4v) is 4.26. The van der Waals surface area contributed by atoms with Gasteiger partial charge in [0.25, 0.3) is 12.0 Å². The molecule has 23 heavy (non-hydrogen) atoms. The van der Waals surface area contributed by atoms with Crippen molar-refractivity contribution in [3.8, 4) is 10.4 Å². The van der Waals surface area contributed by atoms with Crippen LogP contribution in [0.4, 0.5) is 8.78 Å². The summed E-state index contributed by atoms with van der Waals surface area (Å²) in [5.41, 5.74) is -1.32. The van der Waals surface area contributed by atoms with Gasteiger partial charge in [-0.1, -0.05) is 0 Å². The molecule has 1 aliphatic carbocycles. The van der Waals surface area contributed by atoms with Crippen molar-refractivity contribution < 1.29 is 13.9 Å². The molecule has 0 aromatic carbocycles. The van der Waals surface area contributed by atoms with Gasteiger partial charge in [-0.15, -0.1) is 11.3 Å². The molecule has 0 fully saturated rings. The highest BCUT2D eigenvalue weighted by Crippen LogP contribution is 2.42. The number of aryl methyl sites for hydroxylation is 1. The smallest absolute Gasteiger partial charge is 0.272 e. The fraction of sp³-hybridized carbons (Fsp3) is 0.333. The minimum atomic E-state index is -2.94. The summed E-state index contributed by atoms with van der Waals surface area (Å²) < 4.78 is 27.2. The van der Waals surface area contributed by atoms with E-state index in [1.165, 1.54) is 11.3 Å². The first-order valence-electron chi connectivity index (χ1n) is 7.19. The molecule has 0 unspecified atom stereocenters. The largest absolute Gasteiger partial charge is 0.378 e. The van der Waals surface area contributed by atoms with Crippen LogP contribution in [0.2, 0.25) is 0 Å². The quantitative estimate of drug-likeness (QED) is 0.672. The van der Waals surface area contributed by atoms with E-state index in [9.17, 15) is 18.7 Å². The molecule has 0 spiro atoms. The van der Waals surface area contributed by atoms with E-state index in [0.717, 1.165) is 10.4 Å². The van der Waals surface area contributed by atoms with Crippen LogP contribution in [0.25, 0.3) is 20.5 Å². The van der Waals surface area contributed by atoms with Crippen molar-refractivity contribution in [1.82, 2.24) is 15.2 Å². The summed E-state index contributed by atoms with van der Waals surface area (Å²) in [5, 5.41) is 17.6. The van der Waals surface area contributed by atoms with Gasteiger partial charge in [0.2, 0.25) is 0 Å². The monoisotopic (exact) mass is 337 g/mol. The molecule has 4 rings (SSSR count). The molecule has 3 N–H and O–H groups in total. The molecule has 1 atom stereocenters. The fourth-order valence-electron chi connectivity index (χ4n) is 3.20. The Bertz CT molecular complexity index is 932. The Morgan fingerprint density at radius 2 is 2.26 bits per heavy atom. The van der Waals surface area contributed by atoms with E-state index in [-0.39, 0.29) is 12.1 Å². The highest BCUT2D eigenvalue weighted by atomic mass is 32.1. The molecule has 8 heteroatoms. The Morgan fingerprint density at radius 1 is 1.43 bits per heavy atom. The minimum Gasteiger partial charge on any atom is -0.378 e. The molecular weight excluding hydrogens is 324 g/mol. The average Bonchev–Trinajstić information content (AvgIpc) is 3.17. The zero-order chi connectivity index (χ0) is 16.2. The number of thiophene rings is 1. The number of hydrogen-bond donors (Lipinski definition) is 3. The van der Waals surface area contributed by atoms with Gasteiger partial charge in [0, 0.05) is 22.0 Å². The van der Waals surface area contributed by atoms with Crippen molar-refractivity contribution in [2.24, 2.45) is 0 Å². The van der Waals surface area contributed by atoms with Gasteiger partial charge in [0.15, 0.2) is 5.60 Å². The van der Waals surface area contributed by atoms with Crippen molar-refractivity contribution in [1.29, 1.82) is 0 Å². The van der Waals surface area contributed by atoms with Crippen molar-refractivity contribution in [3.05, 3.63) is 40.1 Å². The topological polar surface area (TPSA) is 81.8 Å². The van der Waals surface area contributed by atoms with Gasteiger partial charge < -0.3 is 10.1 Å². The van der Waals surface area contributed by atoms with Gasteiger partial charge in [0.05, 0.1) is 11.9 Å². The maximum atomic E-state index is 13.4. The molecule has 3 aromatic heterocycles. The SMILES string of the molecule is O=c1[nH]c2c(c3cc(-c4cn[nH]c4)sc13)CCC[C@@]2(O)C(F)F. The number of pyridine rings is 1. The van der Waals surface area contributed by atoms with Crippen LogP contribution in [0.15, 0.2) is 23.3 Å². The molecule has 3 aromatic rings. The predicted molar refractivity (Wildman–Crippen MR) is 82.9 cm³/mol. The Morgan fingerprint density at radius 3 is 2.96 bits per heavy atom. The second kappa shape index (κ2) is 4.97. The molecular formula is C15H13F2N3O2S. The van der Waals surface area contributed by atoms with Gasteiger partial charge in [-0.2, -0.15) is 5.10 Å². The number of hydrogen-bond acceptors (Lipinski definition) is 4. The lowest BCUT2D eigenvalue weighted by Crippen LogP contribution is -2.40. The van der Waals surface area contributed by atoms with Crippen molar-refractivity contribution >= 4 is 21.4 Å². The Balaban J connectivity index is 2.01. The minimum absolute atomic E-state index is 0.0345. The van der Waals surface area contributed by atoms with Crippen molar-refractivity contribution in [2.75, 3.05) is 0 Å². The molecule has 0 aliphatic heterocycles. The summed E-state index contributed by atoms with van der Waals surface area (Å²) in [7, 11) is 0. The summed E-state index contributed by atoms with van der Waals surface area (Å²) in [6, 6.07) is 1.82. The van der Waals surface area contributed by atoms with Crippen LogP contribution in [0.1, 0.15) is 24.1 Å². The third-order valence-electron chi connectivity index (χ3n) is 4.37.